The monoisotopic (exact) mass is 421 g/mol. The van der Waals surface area contributed by atoms with Crippen LogP contribution < -0.4 is 0 Å². The lowest BCUT2D eigenvalue weighted by atomic mass is 9.87. The van der Waals surface area contributed by atoms with Gasteiger partial charge in [-0.3, -0.25) is 9.45 Å². The molecule has 6 heteroatoms. The van der Waals surface area contributed by atoms with Gasteiger partial charge in [0.25, 0.3) is 10.1 Å². The zero-order chi connectivity index (χ0) is 22.2. The number of aromatic hydroxyl groups is 1. The highest BCUT2D eigenvalue weighted by Crippen LogP contribution is 2.35. The zero-order valence-electron chi connectivity index (χ0n) is 18.3. The minimum absolute atomic E-state index is 0.214. The molecule has 0 aromatic heterocycles. The van der Waals surface area contributed by atoms with Crippen molar-refractivity contribution < 1.29 is 18.1 Å². The van der Waals surface area contributed by atoms with Gasteiger partial charge in [0.2, 0.25) is 0 Å². The van der Waals surface area contributed by atoms with E-state index >= 15 is 0 Å². The second-order valence-corrected chi connectivity index (χ2v) is 9.44. The maximum atomic E-state index is 10.4. The van der Waals surface area contributed by atoms with E-state index in [4.69, 9.17) is 4.55 Å². The summed E-state index contributed by atoms with van der Waals surface area (Å²) in [5, 5.41) is 10.4. The number of rotatable bonds is 7. The van der Waals surface area contributed by atoms with E-state index in [1.807, 2.05) is 18.2 Å². The summed E-state index contributed by atoms with van der Waals surface area (Å²) >= 11 is 0. The molecular formula is C23H35NO4S. The Morgan fingerprint density at radius 2 is 1.48 bits per heavy atom. The third-order valence-electron chi connectivity index (χ3n) is 4.76. The summed E-state index contributed by atoms with van der Waals surface area (Å²) in [6.07, 6.45) is 1.71. The summed E-state index contributed by atoms with van der Waals surface area (Å²) in [6.45, 7) is 12.1. The number of phenols is 1. The van der Waals surface area contributed by atoms with Crippen LogP contribution in [0.15, 0.2) is 48.5 Å². The van der Waals surface area contributed by atoms with E-state index in [0.29, 0.717) is 24.1 Å². The van der Waals surface area contributed by atoms with Crippen molar-refractivity contribution >= 4 is 10.1 Å². The molecule has 0 aliphatic rings. The van der Waals surface area contributed by atoms with Gasteiger partial charge in [0.1, 0.15) is 5.75 Å². The molecule has 2 N–H and O–H groups in total. The molecule has 1 atom stereocenters. The molecule has 0 unspecified atom stereocenters. The predicted octanol–water partition coefficient (Wildman–Crippen LogP) is 4.85. The smallest absolute Gasteiger partial charge is 0.261 e. The van der Waals surface area contributed by atoms with Crippen LogP contribution in [0.4, 0.5) is 0 Å². The van der Waals surface area contributed by atoms with Crippen LogP contribution in [0.5, 0.6) is 5.75 Å². The largest absolute Gasteiger partial charge is 0.508 e. The van der Waals surface area contributed by atoms with Gasteiger partial charge in [-0.2, -0.15) is 8.42 Å². The minimum Gasteiger partial charge on any atom is -0.508 e. The normalized spacial score (nSPS) is 12.8. The van der Waals surface area contributed by atoms with Crippen molar-refractivity contribution in [2.45, 2.75) is 59.0 Å². The predicted molar refractivity (Wildman–Crippen MR) is 120 cm³/mol. The van der Waals surface area contributed by atoms with E-state index in [2.05, 4.69) is 69.9 Å². The topological polar surface area (TPSA) is 77.8 Å². The number of benzene rings is 2. The van der Waals surface area contributed by atoms with E-state index in [0.717, 1.165) is 18.5 Å². The number of aryl methyl sites for hydroxylation is 1. The van der Waals surface area contributed by atoms with Crippen molar-refractivity contribution in [2.75, 3.05) is 12.8 Å². The van der Waals surface area contributed by atoms with Crippen molar-refractivity contribution in [3.8, 4) is 5.75 Å². The zero-order valence-corrected chi connectivity index (χ0v) is 19.1. The highest BCUT2D eigenvalue weighted by Gasteiger charge is 2.21. The van der Waals surface area contributed by atoms with Gasteiger partial charge in [0.15, 0.2) is 0 Å². The third kappa shape index (κ3) is 9.43. The van der Waals surface area contributed by atoms with Gasteiger partial charge >= 0.3 is 0 Å². The molecular weight excluding hydrogens is 386 g/mol. The van der Waals surface area contributed by atoms with Crippen LogP contribution in [-0.4, -0.2) is 47.9 Å². The molecule has 0 spiro atoms. The molecule has 0 bridgehead atoms. The Labute approximate surface area is 176 Å². The molecule has 0 saturated heterocycles. The first-order valence-electron chi connectivity index (χ1n) is 9.92. The molecule has 162 valence electrons. The van der Waals surface area contributed by atoms with E-state index in [-0.39, 0.29) is 5.92 Å². The van der Waals surface area contributed by atoms with Gasteiger partial charge in [0, 0.05) is 23.6 Å². The van der Waals surface area contributed by atoms with E-state index in [1.165, 1.54) is 11.1 Å². The maximum Gasteiger partial charge on any atom is 0.261 e. The molecule has 0 heterocycles. The molecule has 0 radical (unpaired) electrons. The average molecular weight is 422 g/mol. The first kappa shape index (κ1) is 25.1. The Balaban J connectivity index is 0.000000749. The first-order valence-corrected chi connectivity index (χ1v) is 11.8. The van der Waals surface area contributed by atoms with Crippen LogP contribution in [0.2, 0.25) is 0 Å². The highest BCUT2D eigenvalue weighted by molar-refractivity contribution is 7.85. The molecule has 2 aromatic carbocycles. The van der Waals surface area contributed by atoms with Gasteiger partial charge in [-0.1, -0.05) is 48.0 Å². The summed E-state index contributed by atoms with van der Waals surface area (Å²) < 4.78 is 25.9. The van der Waals surface area contributed by atoms with Crippen molar-refractivity contribution in [3.05, 3.63) is 65.2 Å². The fourth-order valence-electron chi connectivity index (χ4n) is 3.53. The Kier molecular flexibility index (Phi) is 9.83. The fourth-order valence-corrected chi connectivity index (χ4v) is 3.53. The highest BCUT2D eigenvalue weighted by atomic mass is 32.2. The van der Waals surface area contributed by atoms with Gasteiger partial charge in [0.05, 0.1) is 6.26 Å². The molecule has 0 aliphatic heterocycles. The lowest BCUT2D eigenvalue weighted by molar-refractivity contribution is 0.170. The van der Waals surface area contributed by atoms with Crippen LogP contribution in [0.1, 0.15) is 56.7 Å². The molecule has 0 saturated carbocycles. The summed E-state index contributed by atoms with van der Waals surface area (Å²) in [5.74, 6) is 0.612. The van der Waals surface area contributed by atoms with Crippen LogP contribution in [0.3, 0.4) is 0 Å². The molecule has 0 fully saturated rings. The van der Waals surface area contributed by atoms with Gasteiger partial charge in [-0.25, -0.2) is 0 Å². The molecule has 2 aromatic rings. The lowest BCUT2D eigenvalue weighted by Crippen LogP contribution is -2.38. The summed E-state index contributed by atoms with van der Waals surface area (Å²) in [5.41, 5.74) is 3.49. The second kappa shape index (κ2) is 11.3. The Hall–Kier alpha value is -1.89. The summed E-state index contributed by atoms with van der Waals surface area (Å²) in [6, 6.07) is 17.5. The van der Waals surface area contributed by atoms with E-state index < -0.39 is 10.1 Å². The Bertz CT molecular complexity index is 832. The summed E-state index contributed by atoms with van der Waals surface area (Å²) in [7, 11) is -3.67. The molecule has 29 heavy (non-hydrogen) atoms. The maximum absolute atomic E-state index is 10.4. The first-order chi connectivity index (χ1) is 13.4. The summed E-state index contributed by atoms with van der Waals surface area (Å²) in [4.78, 5) is 2.52. The van der Waals surface area contributed by atoms with Gasteiger partial charge < -0.3 is 5.11 Å². The van der Waals surface area contributed by atoms with Crippen molar-refractivity contribution in [1.29, 1.82) is 0 Å². The molecule has 5 nitrogen and oxygen atoms in total. The quantitative estimate of drug-likeness (QED) is 0.625. The SMILES string of the molecule is CS(=O)(=O)O.Cc1ccc(O)c([C@H](CCN(C(C)C)C(C)C)c2ccccc2)c1. The van der Waals surface area contributed by atoms with Crippen molar-refractivity contribution in [1.82, 2.24) is 4.90 Å². The second-order valence-electron chi connectivity index (χ2n) is 7.97. The Morgan fingerprint density at radius 3 is 1.97 bits per heavy atom. The Morgan fingerprint density at radius 1 is 0.966 bits per heavy atom. The van der Waals surface area contributed by atoms with Gasteiger partial charge in [-0.15, -0.1) is 0 Å². The van der Waals surface area contributed by atoms with E-state index in [9.17, 15) is 13.5 Å². The molecule has 2 rings (SSSR count). The van der Waals surface area contributed by atoms with E-state index in [1.54, 1.807) is 0 Å². The number of phenolic OH excluding ortho intramolecular Hbond substituents is 1. The number of nitrogens with zero attached hydrogens (tertiary/aromatic N) is 1. The fraction of sp³-hybridized carbons (Fsp3) is 0.478. The van der Waals surface area contributed by atoms with Crippen LogP contribution in [0, 0.1) is 6.92 Å². The average Bonchev–Trinajstić information content (AvgIpc) is 2.60. The van der Waals surface area contributed by atoms with Crippen LogP contribution >= 0.6 is 0 Å². The van der Waals surface area contributed by atoms with Crippen LogP contribution in [-0.2, 0) is 10.1 Å². The number of hydrogen-bond donors (Lipinski definition) is 2. The molecule has 0 aliphatic carbocycles. The van der Waals surface area contributed by atoms with Crippen molar-refractivity contribution in [3.63, 3.8) is 0 Å². The molecule has 0 amide bonds. The lowest BCUT2D eigenvalue weighted by Gasteiger charge is -2.32. The number of hydrogen-bond acceptors (Lipinski definition) is 4. The standard InChI is InChI=1S/C22H31NO.CH4O3S/c1-16(2)23(17(3)4)14-13-20(19-9-7-6-8-10-19)21-15-18(5)11-12-22(21)24;1-5(2,3)4/h6-12,15-17,20,24H,13-14H2,1-5H3;1H3,(H,2,3,4)/t20-;/m1./s1. The third-order valence-corrected chi connectivity index (χ3v) is 4.76. The van der Waals surface area contributed by atoms with Crippen LogP contribution in [0.25, 0.3) is 0 Å². The minimum atomic E-state index is -3.67. The van der Waals surface area contributed by atoms with Gasteiger partial charge in [-0.05, 0) is 59.2 Å². The van der Waals surface area contributed by atoms with Crippen molar-refractivity contribution in [2.24, 2.45) is 0 Å².